The summed E-state index contributed by atoms with van der Waals surface area (Å²) in [5.74, 6) is 0.835. The van der Waals surface area contributed by atoms with Crippen molar-refractivity contribution >= 4 is 21.9 Å². The van der Waals surface area contributed by atoms with Gasteiger partial charge in [-0.3, -0.25) is 9.48 Å². The number of H-pyrrole nitrogens is 1. The zero-order chi connectivity index (χ0) is 21.0. The Morgan fingerprint density at radius 1 is 1.03 bits per heavy atom. The molecule has 30 heavy (non-hydrogen) atoms. The summed E-state index contributed by atoms with van der Waals surface area (Å²) in [5, 5.41) is 5.67. The molecule has 150 valence electrons. The molecule has 0 unspecified atom stereocenters. The first kappa shape index (κ1) is 18.4. The number of nitrogens with zero attached hydrogens (tertiary/aromatic N) is 4. The van der Waals surface area contributed by atoms with E-state index in [1.54, 1.807) is 6.20 Å². The number of fused-ring (bicyclic) bond motifs is 2. The normalized spacial score (nSPS) is 12.7. The van der Waals surface area contributed by atoms with Gasteiger partial charge in [0.1, 0.15) is 5.82 Å². The maximum absolute atomic E-state index is 11.9. The summed E-state index contributed by atoms with van der Waals surface area (Å²) in [7, 11) is 1.97. The Hall–Kier alpha value is -3.67. The minimum atomic E-state index is -0.0787. The fourth-order valence-corrected chi connectivity index (χ4v) is 4.22. The van der Waals surface area contributed by atoms with Crippen molar-refractivity contribution in [2.24, 2.45) is 7.05 Å². The molecule has 3 aromatic heterocycles. The van der Waals surface area contributed by atoms with Gasteiger partial charge in [0, 0.05) is 29.8 Å². The summed E-state index contributed by atoms with van der Waals surface area (Å²) in [6.07, 6.45) is 1.75. The van der Waals surface area contributed by atoms with Gasteiger partial charge in [-0.15, -0.1) is 0 Å². The first-order chi connectivity index (χ1) is 14.4. The third-order valence-electron chi connectivity index (χ3n) is 5.86. The number of aromatic nitrogens is 5. The molecule has 0 bridgehead atoms. The van der Waals surface area contributed by atoms with E-state index in [0.717, 1.165) is 39.0 Å². The lowest BCUT2D eigenvalue weighted by atomic mass is 10.1. The molecule has 1 N–H and O–H groups in total. The molecule has 1 atom stereocenters. The molecule has 5 rings (SSSR count). The van der Waals surface area contributed by atoms with Gasteiger partial charge in [-0.25, -0.2) is 4.98 Å². The van der Waals surface area contributed by atoms with Gasteiger partial charge < -0.3 is 9.55 Å². The number of hydrogen-bond donors (Lipinski definition) is 1. The fourth-order valence-electron chi connectivity index (χ4n) is 4.22. The number of imidazole rings is 1. The molecule has 0 amide bonds. The Morgan fingerprint density at radius 2 is 1.80 bits per heavy atom. The summed E-state index contributed by atoms with van der Waals surface area (Å²) < 4.78 is 4.16. The van der Waals surface area contributed by atoms with Crippen molar-refractivity contribution in [3.05, 3.63) is 81.9 Å². The molecule has 6 nitrogen and oxygen atoms in total. The van der Waals surface area contributed by atoms with Crippen molar-refractivity contribution in [3.8, 4) is 11.4 Å². The van der Waals surface area contributed by atoms with Crippen LogP contribution in [0.3, 0.4) is 0 Å². The molecule has 5 aromatic rings. The van der Waals surface area contributed by atoms with Crippen molar-refractivity contribution in [3.63, 3.8) is 0 Å². The lowest BCUT2D eigenvalue weighted by Gasteiger charge is -2.18. The number of pyridine rings is 1. The second kappa shape index (κ2) is 6.69. The van der Waals surface area contributed by atoms with E-state index in [2.05, 4.69) is 58.0 Å². The van der Waals surface area contributed by atoms with Crippen LogP contribution in [-0.4, -0.2) is 24.3 Å². The third kappa shape index (κ3) is 2.76. The summed E-state index contributed by atoms with van der Waals surface area (Å²) in [5.41, 5.74) is 6.70. The van der Waals surface area contributed by atoms with Gasteiger partial charge >= 0.3 is 0 Å². The van der Waals surface area contributed by atoms with E-state index in [1.807, 2.05) is 37.7 Å². The van der Waals surface area contributed by atoms with E-state index in [4.69, 9.17) is 4.98 Å². The van der Waals surface area contributed by atoms with Gasteiger partial charge in [0.2, 0.25) is 0 Å². The van der Waals surface area contributed by atoms with Gasteiger partial charge in [-0.1, -0.05) is 30.3 Å². The molecule has 0 spiro atoms. The number of benzene rings is 2. The lowest BCUT2D eigenvalue weighted by Crippen LogP contribution is -2.11. The smallest absolute Gasteiger partial charge is 0.250 e. The van der Waals surface area contributed by atoms with E-state index < -0.39 is 0 Å². The second-order valence-corrected chi connectivity index (χ2v) is 7.86. The molecular weight excluding hydrogens is 374 g/mol. The zero-order valence-electron chi connectivity index (χ0n) is 17.5. The Labute approximate surface area is 173 Å². The van der Waals surface area contributed by atoms with Crippen LogP contribution in [0.4, 0.5) is 0 Å². The van der Waals surface area contributed by atoms with Crippen molar-refractivity contribution in [2.75, 3.05) is 0 Å². The molecular formula is C24H23N5O. The molecule has 0 fully saturated rings. The highest BCUT2D eigenvalue weighted by atomic mass is 16.1. The number of hydrogen-bond acceptors (Lipinski definition) is 3. The second-order valence-electron chi connectivity index (χ2n) is 7.86. The minimum Gasteiger partial charge on any atom is -0.328 e. The van der Waals surface area contributed by atoms with Crippen LogP contribution in [0.5, 0.6) is 0 Å². The largest absolute Gasteiger partial charge is 0.328 e. The molecule has 0 aliphatic carbocycles. The van der Waals surface area contributed by atoms with E-state index in [-0.39, 0.29) is 11.6 Å². The van der Waals surface area contributed by atoms with Crippen LogP contribution < -0.4 is 5.56 Å². The predicted octanol–water partition coefficient (Wildman–Crippen LogP) is 4.50. The van der Waals surface area contributed by atoms with Crippen LogP contribution in [-0.2, 0) is 7.05 Å². The van der Waals surface area contributed by atoms with Gasteiger partial charge in [0.15, 0.2) is 0 Å². The first-order valence-corrected chi connectivity index (χ1v) is 10.0. The van der Waals surface area contributed by atoms with E-state index in [1.165, 1.54) is 5.56 Å². The lowest BCUT2D eigenvalue weighted by molar-refractivity contribution is 0.665. The van der Waals surface area contributed by atoms with Crippen LogP contribution in [0, 0.1) is 13.8 Å². The molecule has 2 aromatic carbocycles. The standard InChI is InChI=1S/C24H23N5O/c1-14-10-18(13-25-24(14)30)23-26-20-11-19-15(2)27-28(4)21(19)12-22(20)29(23)16(3)17-8-6-5-7-9-17/h5-13,16H,1-4H3,(H,25,30)/t16-/m0/s1. The van der Waals surface area contributed by atoms with Gasteiger partial charge in [0.25, 0.3) is 5.56 Å². The van der Waals surface area contributed by atoms with Crippen LogP contribution in [0.1, 0.15) is 29.8 Å². The highest BCUT2D eigenvalue weighted by Crippen LogP contribution is 2.34. The SMILES string of the molecule is Cc1cc(-c2nc3cc4c(C)nn(C)c4cc3n2[C@@H](C)c2ccccc2)c[nH]c1=O. The van der Waals surface area contributed by atoms with Crippen molar-refractivity contribution in [2.45, 2.75) is 26.8 Å². The average molecular weight is 397 g/mol. The van der Waals surface area contributed by atoms with Gasteiger partial charge in [-0.2, -0.15) is 5.10 Å². The molecule has 0 saturated heterocycles. The summed E-state index contributed by atoms with van der Waals surface area (Å²) in [4.78, 5) is 19.8. The molecule has 0 aliphatic heterocycles. The van der Waals surface area contributed by atoms with Gasteiger partial charge in [0.05, 0.1) is 28.3 Å². The maximum atomic E-state index is 11.9. The monoisotopic (exact) mass is 397 g/mol. The summed E-state index contributed by atoms with van der Waals surface area (Å²) in [6.45, 7) is 6.01. The molecule has 0 saturated carbocycles. The predicted molar refractivity (Wildman–Crippen MR) is 120 cm³/mol. The Bertz CT molecular complexity index is 1460. The number of rotatable bonds is 3. The molecule has 3 heterocycles. The topological polar surface area (TPSA) is 68.5 Å². The van der Waals surface area contributed by atoms with E-state index >= 15 is 0 Å². The Kier molecular flexibility index (Phi) is 4.10. The average Bonchev–Trinajstić information content (AvgIpc) is 3.25. The van der Waals surface area contributed by atoms with E-state index in [0.29, 0.717) is 5.56 Å². The minimum absolute atomic E-state index is 0.0604. The molecule has 0 radical (unpaired) electrons. The van der Waals surface area contributed by atoms with Crippen molar-refractivity contribution in [1.29, 1.82) is 0 Å². The van der Waals surface area contributed by atoms with Crippen LogP contribution in [0.2, 0.25) is 0 Å². The van der Waals surface area contributed by atoms with Crippen LogP contribution >= 0.6 is 0 Å². The van der Waals surface area contributed by atoms with Crippen LogP contribution in [0.15, 0.2) is 59.5 Å². The summed E-state index contributed by atoms with van der Waals surface area (Å²) in [6, 6.07) is 16.6. The van der Waals surface area contributed by atoms with Crippen molar-refractivity contribution < 1.29 is 0 Å². The highest BCUT2D eigenvalue weighted by Gasteiger charge is 2.21. The van der Waals surface area contributed by atoms with E-state index in [9.17, 15) is 4.79 Å². The maximum Gasteiger partial charge on any atom is 0.250 e. The number of aryl methyl sites for hydroxylation is 3. The summed E-state index contributed by atoms with van der Waals surface area (Å²) >= 11 is 0. The van der Waals surface area contributed by atoms with Gasteiger partial charge in [-0.05, 0) is 44.5 Å². The Balaban J connectivity index is 1.85. The fraction of sp³-hybridized carbons (Fsp3) is 0.208. The number of aromatic amines is 1. The molecule has 0 aliphatic rings. The number of nitrogens with one attached hydrogen (secondary N) is 1. The quantitative estimate of drug-likeness (QED) is 0.487. The zero-order valence-corrected chi connectivity index (χ0v) is 17.5. The molecule has 6 heteroatoms. The highest BCUT2D eigenvalue weighted by molar-refractivity contribution is 5.96. The van der Waals surface area contributed by atoms with Crippen molar-refractivity contribution in [1.82, 2.24) is 24.3 Å². The first-order valence-electron chi connectivity index (χ1n) is 10.0. The Morgan fingerprint density at radius 3 is 2.53 bits per heavy atom. The third-order valence-corrected chi connectivity index (χ3v) is 5.86. The van der Waals surface area contributed by atoms with Crippen LogP contribution in [0.25, 0.3) is 33.3 Å².